The van der Waals surface area contributed by atoms with E-state index in [4.69, 9.17) is 16.9 Å². The molecule has 0 atom stereocenters. The minimum absolute atomic E-state index is 0.0984. The molecule has 0 aliphatic carbocycles. The SMILES string of the molecule is CSCC1(CO)CN(Cl)C1. The molecule has 4 heteroatoms. The van der Waals surface area contributed by atoms with Crippen molar-refractivity contribution in [2.75, 3.05) is 31.7 Å². The highest BCUT2D eigenvalue weighted by Crippen LogP contribution is 2.33. The maximum atomic E-state index is 8.99. The molecule has 1 heterocycles. The summed E-state index contributed by atoms with van der Waals surface area (Å²) in [6.07, 6.45) is 2.05. The molecule has 60 valence electrons. The predicted molar refractivity (Wildman–Crippen MR) is 45.3 cm³/mol. The fourth-order valence-electron chi connectivity index (χ4n) is 1.22. The van der Waals surface area contributed by atoms with Gasteiger partial charge in [-0.2, -0.15) is 11.8 Å². The minimum Gasteiger partial charge on any atom is -0.396 e. The molecule has 0 aromatic heterocycles. The van der Waals surface area contributed by atoms with Crippen molar-refractivity contribution in [2.24, 2.45) is 5.41 Å². The molecule has 0 aromatic rings. The van der Waals surface area contributed by atoms with E-state index in [1.807, 2.05) is 6.26 Å². The predicted octanol–water partition coefficient (Wildman–Crippen LogP) is 0.798. The average molecular weight is 182 g/mol. The molecule has 0 saturated carbocycles. The molecule has 2 nitrogen and oxygen atoms in total. The van der Waals surface area contributed by atoms with Crippen LogP contribution in [0.5, 0.6) is 0 Å². The summed E-state index contributed by atoms with van der Waals surface area (Å²) < 4.78 is 1.71. The Morgan fingerprint density at radius 2 is 2.30 bits per heavy atom. The van der Waals surface area contributed by atoms with Gasteiger partial charge in [0.05, 0.1) is 6.61 Å². The third kappa shape index (κ3) is 1.59. The topological polar surface area (TPSA) is 23.5 Å². The van der Waals surface area contributed by atoms with Crippen molar-refractivity contribution in [3.63, 3.8) is 0 Å². The zero-order valence-electron chi connectivity index (χ0n) is 6.01. The Bertz CT molecular complexity index is 111. The third-order valence-electron chi connectivity index (χ3n) is 1.80. The van der Waals surface area contributed by atoms with Crippen LogP contribution in [0.4, 0.5) is 0 Å². The van der Waals surface area contributed by atoms with Crippen LogP contribution in [0.3, 0.4) is 0 Å². The molecule has 1 saturated heterocycles. The van der Waals surface area contributed by atoms with Crippen molar-refractivity contribution in [2.45, 2.75) is 0 Å². The molecule has 1 aliphatic rings. The molecule has 1 rings (SSSR count). The monoisotopic (exact) mass is 181 g/mol. The smallest absolute Gasteiger partial charge is 0.0520 e. The summed E-state index contributed by atoms with van der Waals surface area (Å²) in [5, 5.41) is 8.99. The van der Waals surface area contributed by atoms with E-state index in [2.05, 4.69) is 0 Å². The highest BCUT2D eigenvalue weighted by atomic mass is 35.5. The van der Waals surface area contributed by atoms with Crippen LogP contribution in [-0.2, 0) is 0 Å². The van der Waals surface area contributed by atoms with Crippen LogP contribution in [-0.4, -0.2) is 41.2 Å². The van der Waals surface area contributed by atoms with Crippen LogP contribution in [0.15, 0.2) is 0 Å². The normalized spacial score (nSPS) is 24.3. The van der Waals surface area contributed by atoms with Gasteiger partial charge in [0.2, 0.25) is 0 Å². The fourth-order valence-corrected chi connectivity index (χ4v) is 2.62. The van der Waals surface area contributed by atoms with Crippen LogP contribution in [0, 0.1) is 5.41 Å². The van der Waals surface area contributed by atoms with Gasteiger partial charge in [-0.1, -0.05) is 0 Å². The van der Waals surface area contributed by atoms with Gasteiger partial charge in [0, 0.05) is 24.3 Å². The Hall–Kier alpha value is 0.560. The number of aliphatic hydroxyl groups excluding tert-OH is 1. The Balaban J connectivity index is 2.32. The van der Waals surface area contributed by atoms with E-state index in [9.17, 15) is 0 Å². The molecule has 0 aromatic carbocycles. The quantitative estimate of drug-likeness (QED) is 0.652. The first-order valence-electron chi connectivity index (χ1n) is 3.23. The van der Waals surface area contributed by atoms with Crippen LogP contribution < -0.4 is 0 Å². The van der Waals surface area contributed by atoms with Gasteiger partial charge in [-0.05, 0) is 18.0 Å². The van der Waals surface area contributed by atoms with Gasteiger partial charge < -0.3 is 5.11 Å². The zero-order chi connectivity index (χ0) is 7.61. The van der Waals surface area contributed by atoms with Crippen LogP contribution in [0.25, 0.3) is 0 Å². The molecular weight excluding hydrogens is 170 g/mol. The molecule has 0 bridgehead atoms. The molecule has 0 unspecified atom stereocenters. The maximum Gasteiger partial charge on any atom is 0.0520 e. The summed E-state index contributed by atoms with van der Waals surface area (Å²) in [4.78, 5) is 0. The van der Waals surface area contributed by atoms with Gasteiger partial charge in [0.1, 0.15) is 0 Å². The molecule has 10 heavy (non-hydrogen) atoms. The van der Waals surface area contributed by atoms with Crippen LogP contribution in [0.2, 0.25) is 0 Å². The summed E-state index contributed by atoms with van der Waals surface area (Å²) in [6.45, 7) is 1.91. The Morgan fingerprint density at radius 3 is 2.60 bits per heavy atom. The fraction of sp³-hybridized carbons (Fsp3) is 1.00. The number of thioether (sulfide) groups is 1. The van der Waals surface area contributed by atoms with Crippen molar-refractivity contribution < 1.29 is 5.11 Å². The lowest BCUT2D eigenvalue weighted by Crippen LogP contribution is -2.55. The Labute approximate surface area is 70.7 Å². The van der Waals surface area contributed by atoms with Crippen molar-refractivity contribution in [1.82, 2.24) is 4.42 Å². The Kier molecular flexibility index (Phi) is 2.86. The van der Waals surface area contributed by atoms with E-state index in [0.717, 1.165) is 18.8 Å². The van der Waals surface area contributed by atoms with E-state index >= 15 is 0 Å². The van der Waals surface area contributed by atoms with Gasteiger partial charge in [-0.3, -0.25) is 0 Å². The van der Waals surface area contributed by atoms with E-state index in [0.29, 0.717) is 0 Å². The molecule has 1 N–H and O–H groups in total. The van der Waals surface area contributed by atoms with Crippen molar-refractivity contribution in [3.05, 3.63) is 0 Å². The molecule has 1 fully saturated rings. The highest BCUT2D eigenvalue weighted by Gasteiger charge is 2.41. The number of hydrogen-bond acceptors (Lipinski definition) is 3. The summed E-state index contributed by atoms with van der Waals surface area (Å²) in [5.74, 6) is 1.01. The maximum absolute atomic E-state index is 8.99. The molecule has 0 spiro atoms. The minimum atomic E-state index is 0.0984. The number of aliphatic hydroxyl groups is 1. The van der Waals surface area contributed by atoms with E-state index in [1.165, 1.54) is 0 Å². The summed E-state index contributed by atoms with van der Waals surface area (Å²) in [7, 11) is 0. The van der Waals surface area contributed by atoms with Crippen molar-refractivity contribution in [1.29, 1.82) is 0 Å². The number of rotatable bonds is 3. The first-order valence-corrected chi connectivity index (χ1v) is 4.96. The summed E-state index contributed by atoms with van der Waals surface area (Å²) in [6, 6.07) is 0. The standard InChI is InChI=1S/C6H12ClNOS/c1-10-5-6(4-9)2-8(7)3-6/h9H,2-5H2,1H3. The average Bonchev–Trinajstić information content (AvgIpc) is 1.84. The second kappa shape index (κ2) is 3.30. The largest absolute Gasteiger partial charge is 0.396 e. The molecule has 0 amide bonds. The second-order valence-corrected chi connectivity index (χ2v) is 4.21. The summed E-state index contributed by atoms with van der Waals surface area (Å²) >= 11 is 7.43. The van der Waals surface area contributed by atoms with Gasteiger partial charge in [0.25, 0.3) is 0 Å². The number of halogens is 1. The van der Waals surface area contributed by atoms with Gasteiger partial charge in [-0.25, -0.2) is 4.42 Å². The van der Waals surface area contributed by atoms with Gasteiger partial charge in [-0.15, -0.1) is 0 Å². The summed E-state index contributed by atoms with van der Waals surface area (Å²) in [5.41, 5.74) is 0.0984. The molecule has 1 aliphatic heterocycles. The van der Waals surface area contributed by atoms with Crippen LogP contribution >= 0.6 is 23.5 Å². The lowest BCUT2D eigenvalue weighted by molar-refractivity contribution is 0.0313. The number of nitrogens with zero attached hydrogens (tertiary/aromatic N) is 1. The van der Waals surface area contributed by atoms with Gasteiger partial charge in [0.15, 0.2) is 0 Å². The van der Waals surface area contributed by atoms with Gasteiger partial charge >= 0.3 is 0 Å². The zero-order valence-corrected chi connectivity index (χ0v) is 7.58. The van der Waals surface area contributed by atoms with Crippen molar-refractivity contribution in [3.8, 4) is 0 Å². The molecule has 0 radical (unpaired) electrons. The first kappa shape index (κ1) is 8.65. The van der Waals surface area contributed by atoms with E-state index < -0.39 is 0 Å². The lowest BCUT2D eigenvalue weighted by atomic mass is 9.85. The van der Waals surface area contributed by atoms with E-state index in [1.54, 1.807) is 16.2 Å². The van der Waals surface area contributed by atoms with Crippen molar-refractivity contribution >= 4 is 23.5 Å². The molecular formula is C6H12ClNOS. The number of hydrogen-bond donors (Lipinski definition) is 1. The lowest BCUT2D eigenvalue weighted by Gasteiger charge is -2.45. The Morgan fingerprint density at radius 1 is 1.70 bits per heavy atom. The van der Waals surface area contributed by atoms with Crippen LogP contribution in [0.1, 0.15) is 0 Å². The van der Waals surface area contributed by atoms with E-state index in [-0.39, 0.29) is 12.0 Å². The second-order valence-electron chi connectivity index (χ2n) is 2.87. The third-order valence-corrected chi connectivity index (χ3v) is 2.94. The first-order chi connectivity index (χ1) is 4.72. The highest BCUT2D eigenvalue weighted by molar-refractivity contribution is 7.98.